The highest BCUT2D eigenvalue weighted by atomic mass is 16.1. The summed E-state index contributed by atoms with van der Waals surface area (Å²) in [7, 11) is 0. The lowest BCUT2D eigenvalue weighted by atomic mass is 10.4. The molecule has 1 rings (SSSR count). The summed E-state index contributed by atoms with van der Waals surface area (Å²) < 4.78 is 0. The quantitative estimate of drug-likeness (QED) is 0.249. The van der Waals surface area contributed by atoms with Crippen LogP contribution in [0.4, 0.5) is 0 Å². The minimum atomic E-state index is 1.08. The summed E-state index contributed by atoms with van der Waals surface area (Å²) in [5, 5.41) is 2.43. The van der Waals surface area contributed by atoms with E-state index in [1.807, 2.05) is 36.4 Å². The van der Waals surface area contributed by atoms with Crippen molar-refractivity contribution in [3.63, 3.8) is 0 Å². The van der Waals surface area contributed by atoms with E-state index in [0.29, 0.717) is 0 Å². The van der Waals surface area contributed by atoms with Crippen LogP contribution < -0.4 is 5.84 Å². The van der Waals surface area contributed by atoms with E-state index >= 15 is 0 Å². The first-order valence-corrected chi connectivity index (χ1v) is 2.69. The first-order valence-electron chi connectivity index (χ1n) is 2.69. The van der Waals surface area contributed by atoms with Crippen molar-refractivity contribution in [3.05, 3.63) is 36.4 Å². The van der Waals surface area contributed by atoms with E-state index in [4.69, 9.17) is 4.79 Å². The molecule has 2 N–H and O–H groups in total. The van der Waals surface area contributed by atoms with E-state index in [-0.39, 0.29) is 0 Å². The SMILES string of the molecule is NN=C=O.c1ccccc1. The monoisotopic (exact) mass is 136 g/mol. The molecule has 0 aliphatic carbocycles. The highest BCUT2D eigenvalue weighted by Gasteiger charge is 1.57. The van der Waals surface area contributed by atoms with Gasteiger partial charge in [-0.15, -0.1) is 0 Å². The first kappa shape index (κ1) is 8.40. The molecule has 0 atom stereocenters. The zero-order valence-corrected chi connectivity index (χ0v) is 5.40. The van der Waals surface area contributed by atoms with Crippen molar-refractivity contribution in [1.29, 1.82) is 0 Å². The van der Waals surface area contributed by atoms with E-state index in [0.717, 1.165) is 6.08 Å². The van der Waals surface area contributed by atoms with Gasteiger partial charge in [-0.2, -0.15) is 0 Å². The topological polar surface area (TPSA) is 55.4 Å². The van der Waals surface area contributed by atoms with Gasteiger partial charge >= 0.3 is 0 Å². The van der Waals surface area contributed by atoms with Gasteiger partial charge in [0, 0.05) is 0 Å². The lowest BCUT2D eigenvalue weighted by molar-refractivity contribution is 0.563. The minimum Gasteiger partial charge on any atom is -0.312 e. The zero-order chi connectivity index (χ0) is 7.66. The van der Waals surface area contributed by atoms with Crippen LogP contribution in [-0.2, 0) is 4.79 Å². The van der Waals surface area contributed by atoms with Gasteiger partial charge in [-0.05, 0) is 0 Å². The molecule has 0 radical (unpaired) electrons. The lowest BCUT2D eigenvalue weighted by Gasteiger charge is -1.69. The molecule has 10 heavy (non-hydrogen) atoms. The average molecular weight is 136 g/mol. The number of hydrogen-bond acceptors (Lipinski definition) is 3. The lowest BCUT2D eigenvalue weighted by Crippen LogP contribution is -1.71. The Balaban J connectivity index is 0.000000180. The molecule has 0 bridgehead atoms. The van der Waals surface area contributed by atoms with Crippen molar-refractivity contribution in [2.75, 3.05) is 0 Å². The van der Waals surface area contributed by atoms with Gasteiger partial charge in [-0.1, -0.05) is 41.5 Å². The fraction of sp³-hybridized carbons (Fsp3) is 0. The summed E-state index contributed by atoms with van der Waals surface area (Å²) in [6.45, 7) is 0. The fourth-order valence-electron chi connectivity index (χ4n) is 0.385. The number of isocyanates is 1. The summed E-state index contributed by atoms with van der Waals surface area (Å²) in [6, 6.07) is 12.0. The second-order valence-electron chi connectivity index (χ2n) is 1.38. The van der Waals surface area contributed by atoms with Crippen LogP contribution in [0, 0.1) is 0 Å². The highest BCUT2D eigenvalue weighted by molar-refractivity contribution is 5.31. The fourth-order valence-corrected chi connectivity index (χ4v) is 0.385. The van der Waals surface area contributed by atoms with Gasteiger partial charge in [0.15, 0.2) is 0 Å². The van der Waals surface area contributed by atoms with Crippen molar-refractivity contribution in [3.8, 4) is 0 Å². The predicted octanol–water partition coefficient (Wildman–Crippen LogP) is 0.883. The van der Waals surface area contributed by atoms with Crippen LogP contribution in [0.2, 0.25) is 0 Å². The summed E-state index contributed by atoms with van der Waals surface area (Å²) >= 11 is 0. The van der Waals surface area contributed by atoms with Gasteiger partial charge in [0.25, 0.3) is 6.08 Å². The number of hydrazone groups is 1. The van der Waals surface area contributed by atoms with Crippen LogP contribution in [0.15, 0.2) is 41.5 Å². The number of carbonyl (C=O) groups excluding carboxylic acids is 1. The summed E-state index contributed by atoms with van der Waals surface area (Å²) in [6.07, 6.45) is 1.08. The molecule has 0 unspecified atom stereocenters. The Morgan fingerprint density at radius 1 is 1.00 bits per heavy atom. The largest absolute Gasteiger partial charge is 0.312 e. The average Bonchev–Trinajstić information content (AvgIpc) is 2.08. The molecule has 52 valence electrons. The van der Waals surface area contributed by atoms with E-state index in [9.17, 15) is 0 Å². The van der Waals surface area contributed by atoms with Crippen LogP contribution in [0.1, 0.15) is 0 Å². The number of hydrogen-bond donors (Lipinski definition) is 1. The molecule has 1 aromatic rings. The smallest absolute Gasteiger partial charge is 0.257 e. The number of nitrogens with zero attached hydrogens (tertiary/aromatic N) is 1. The van der Waals surface area contributed by atoms with E-state index < -0.39 is 0 Å². The molecule has 0 aromatic heterocycles. The summed E-state index contributed by atoms with van der Waals surface area (Å²) in [5.41, 5.74) is 0. The Labute approximate surface area is 59.2 Å². The molecule has 0 amide bonds. The maximum absolute atomic E-state index is 8.76. The molecule has 1 aromatic carbocycles. The molecule has 3 nitrogen and oxygen atoms in total. The molecule has 0 saturated carbocycles. The Kier molecular flexibility index (Phi) is 6.22. The van der Waals surface area contributed by atoms with Crippen LogP contribution in [0.25, 0.3) is 0 Å². The van der Waals surface area contributed by atoms with Crippen LogP contribution in [-0.4, -0.2) is 6.08 Å². The minimum absolute atomic E-state index is 1.08. The van der Waals surface area contributed by atoms with Crippen molar-refractivity contribution in [2.45, 2.75) is 0 Å². The van der Waals surface area contributed by atoms with Gasteiger partial charge in [0.2, 0.25) is 0 Å². The first-order chi connectivity index (χ1) is 4.91. The van der Waals surface area contributed by atoms with Crippen LogP contribution in [0.5, 0.6) is 0 Å². The number of benzene rings is 1. The van der Waals surface area contributed by atoms with Gasteiger partial charge in [0.05, 0.1) is 0 Å². The number of rotatable bonds is 0. The third kappa shape index (κ3) is 6.40. The molecular formula is C7H8N2O. The Bertz CT molecular complexity index is 165. The van der Waals surface area contributed by atoms with Gasteiger partial charge in [-0.25, -0.2) is 4.79 Å². The maximum Gasteiger partial charge on any atom is 0.257 e. The Morgan fingerprint density at radius 3 is 1.30 bits per heavy atom. The van der Waals surface area contributed by atoms with Crippen molar-refractivity contribution in [2.24, 2.45) is 10.9 Å². The van der Waals surface area contributed by atoms with Crippen molar-refractivity contribution in [1.82, 2.24) is 0 Å². The van der Waals surface area contributed by atoms with Crippen LogP contribution in [0.3, 0.4) is 0 Å². The van der Waals surface area contributed by atoms with Gasteiger partial charge < -0.3 is 5.84 Å². The third-order valence-electron chi connectivity index (χ3n) is 0.719. The Morgan fingerprint density at radius 2 is 1.20 bits per heavy atom. The van der Waals surface area contributed by atoms with Crippen molar-refractivity contribution < 1.29 is 4.79 Å². The molecular weight excluding hydrogens is 128 g/mol. The molecule has 3 heteroatoms. The molecule has 0 fully saturated rings. The number of nitrogens with two attached hydrogens (primary N) is 1. The maximum atomic E-state index is 8.76. The van der Waals surface area contributed by atoms with E-state index in [1.165, 1.54) is 0 Å². The molecule has 0 saturated heterocycles. The summed E-state index contributed by atoms with van der Waals surface area (Å²) in [5.74, 6) is 4.23. The Hall–Kier alpha value is -1.60. The molecule has 0 heterocycles. The zero-order valence-electron chi connectivity index (χ0n) is 5.40. The third-order valence-corrected chi connectivity index (χ3v) is 0.719. The summed E-state index contributed by atoms with van der Waals surface area (Å²) in [4.78, 5) is 8.76. The standard InChI is InChI=1S/C6H6.CH2N2O/c1-2-4-6-5-3-1;2-3-1-4/h1-6H;2H2. The molecule has 0 aliphatic heterocycles. The predicted molar refractivity (Wildman–Crippen MR) is 38.8 cm³/mol. The van der Waals surface area contributed by atoms with Crippen molar-refractivity contribution >= 4 is 6.08 Å². The van der Waals surface area contributed by atoms with Gasteiger partial charge in [-0.3, -0.25) is 0 Å². The molecule has 0 aliphatic rings. The van der Waals surface area contributed by atoms with Gasteiger partial charge in [0.1, 0.15) is 0 Å². The normalized spacial score (nSPS) is 6.40. The highest BCUT2D eigenvalue weighted by Crippen LogP contribution is 1.79. The second-order valence-corrected chi connectivity index (χ2v) is 1.38. The molecule has 0 spiro atoms. The second kappa shape index (κ2) is 7.40. The van der Waals surface area contributed by atoms with Crippen LogP contribution >= 0.6 is 0 Å². The van der Waals surface area contributed by atoms with E-state index in [1.54, 1.807) is 0 Å². The van der Waals surface area contributed by atoms with E-state index in [2.05, 4.69) is 10.9 Å².